The first kappa shape index (κ1) is 24.9. The van der Waals surface area contributed by atoms with Crippen molar-refractivity contribution < 1.29 is 4.74 Å². The van der Waals surface area contributed by atoms with Crippen LogP contribution in [0.5, 0.6) is 5.75 Å². The van der Waals surface area contributed by atoms with E-state index >= 15 is 0 Å². The van der Waals surface area contributed by atoms with Gasteiger partial charge in [0.15, 0.2) is 0 Å². The second kappa shape index (κ2) is 9.52. The van der Waals surface area contributed by atoms with Gasteiger partial charge in [-0.2, -0.15) is 0 Å². The largest absolute Gasteiger partial charge is 0.461 e. The molecule has 0 spiro atoms. The summed E-state index contributed by atoms with van der Waals surface area (Å²) in [5.41, 5.74) is 9.25. The average Bonchev–Trinajstić information content (AvgIpc) is 3.77. The molecule has 0 N–H and O–H groups in total. The highest BCUT2D eigenvalue weighted by molar-refractivity contribution is 7.25. The highest BCUT2D eigenvalue weighted by atomic mass is 32.1. The molecule has 1 atom stereocenters. The number of pyridine rings is 1. The van der Waals surface area contributed by atoms with Crippen LogP contribution >= 0.6 is 11.3 Å². The van der Waals surface area contributed by atoms with Crippen molar-refractivity contribution >= 4 is 58.9 Å². The molecule has 3 nitrogen and oxygen atoms in total. The molecular weight excluding hydrogens is 569 g/mol. The van der Waals surface area contributed by atoms with Crippen molar-refractivity contribution in [3.05, 3.63) is 157 Å². The molecule has 3 aromatic heterocycles. The van der Waals surface area contributed by atoms with Gasteiger partial charge in [-0.05, 0) is 72.7 Å². The molecule has 0 fully saturated rings. The van der Waals surface area contributed by atoms with E-state index in [1.807, 2.05) is 17.4 Å². The number of thiophene rings is 1. The zero-order chi connectivity index (χ0) is 29.5. The number of rotatable bonds is 3. The van der Waals surface area contributed by atoms with Gasteiger partial charge in [-0.15, -0.1) is 11.3 Å². The smallest absolute Gasteiger partial charge is 0.130 e. The highest BCUT2D eigenvalue weighted by Crippen LogP contribution is 2.47. The maximum Gasteiger partial charge on any atom is 0.130 e. The topological polar surface area (TPSA) is 27.1 Å². The third kappa shape index (κ3) is 3.73. The quantitative estimate of drug-likeness (QED) is 0.203. The maximum atomic E-state index is 6.13. The van der Waals surface area contributed by atoms with E-state index in [4.69, 9.17) is 9.72 Å². The summed E-state index contributed by atoms with van der Waals surface area (Å²) in [4.78, 5) is 5.21. The van der Waals surface area contributed by atoms with Crippen LogP contribution < -0.4 is 4.74 Å². The number of nitrogens with zero attached hydrogens (tertiary/aromatic N) is 2. The Balaban J connectivity index is 1.10. The number of hydrogen-bond acceptors (Lipinski definition) is 3. The number of aromatic nitrogens is 2. The van der Waals surface area contributed by atoms with E-state index in [1.54, 1.807) is 0 Å². The molecule has 1 aliphatic carbocycles. The first-order valence-corrected chi connectivity index (χ1v) is 16.2. The molecule has 0 saturated carbocycles. The Kier molecular flexibility index (Phi) is 5.28. The maximum absolute atomic E-state index is 6.13. The van der Waals surface area contributed by atoms with Crippen LogP contribution in [0, 0.1) is 0 Å². The first-order valence-electron chi connectivity index (χ1n) is 15.4. The van der Waals surface area contributed by atoms with Crippen molar-refractivity contribution in [1.82, 2.24) is 9.55 Å². The van der Waals surface area contributed by atoms with E-state index in [-0.39, 0.29) is 5.92 Å². The minimum absolute atomic E-state index is 0.249. The molecule has 4 heterocycles. The predicted molar refractivity (Wildman–Crippen MR) is 187 cm³/mol. The zero-order valence-corrected chi connectivity index (χ0v) is 25.1. The van der Waals surface area contributed by atoms with Crippen LogP contribution in [0.2, 0.25) is 0 Å². The molecule has 0 saturated heterocycles. The SMILES string of the molecule is C1=C(c2cccc(-c3ccc4c(c3)c3ccccc3n4-c3cccc4sc5ccccc5c34)n2)CC2C(=C1)Oc1ccccc12. The Hall–Kier alpha value is -5.45. The Bertz CT molecular complexity index is 2570. The van der Waals surface area contributed by atoms with Gasteiger partial charge < -0.3 is 9.30 Å². The Morgan fingerprint density at radius 2 is 1.42 bits per heavy atom. The Labute approximate surface area is 264 Å². The molecule has 0 radical (unpaired) electrons. The number of allylic oxidation sites excluding steroid dienone is 4. The summed E-state index contributed by atoms with van der Waals surface area (Å²) in [6.45, 7) is 0. The Morgan fingerprint density at radius 1 is 0.644 bits per heavy atom. The van der Waals surface area contributed by atoms with Crippen molar-refractivity contribution in [1.29, 1.82) is 0 Å². The normalized spacial score (nSPS) is 15.7. The molecule has 0 bridgehead atoms. The molecule has 2 aliphatic rings. The molecule has 1 unspecified atom stereocenters. The van der Waals surface area contributed by atoms with Gasteiger partial charge in [0.25, 0.3) is 0 Å². The van der Waals surface area contributed by atoms with Crippen molar-refractivity contribution in [2.24, 2.45) is 0 Å². The fourth-order valence-corrected chi connectivity index (χ4v) is 8.47. The molecule has 10 rings (SSSR count). The lowest BCUT2D eigenvalue weighted by Gasteiger charge is -2.18. The van der Waals surface area contributed by atoms with Gasteiger partial charge in [0.2, 0.25) is 0 Å². The van der Waals surface area contributed by atoms with Gasteiger partial charge in [-0.3, -0.25) is 0 Å². The standard InChI is InChI=1S/C41H26N2OS/c1-4-14-34-27(9-1)30-23-25(19-21-35(30)43(34)36-15-8-18-40-41(36)29-11-3-6-17-39(29)45-40)32-12-7-13-33(42-32)26-20-22-38-31(24-26)28-10-2-5-16-37(28)44-38/h1-23,31H,24H2. The van der Waals surface area contributed by atoms with Crippen molar-refractivity contribution in [2.45, 2.75) is 12.3 Å². The molecule has 1 aliphatic heterocycles. The predicted octanol–water partition coefficient (Wildman–Crippen LogP) is 11.1. The van der Waals surface area contributed by atoms with Crippen LogP contribution in [0.15, 0.2) is 145 Å². The van der Waals surface area contributed by atoms with Gasteiger partial charge in [-0.1, -0.05) is 78.9 Å². The molecular formula is C41H26N2OS. The van der Waals surface area contributed by atoms with Gasteiger partial charge in [0.1, 0.15) is 11.5 Å². The fraction of sp³-hybridized carbons (Fsp3) is 0.0488. The molecule has 0 amide bonds. The number of ether oxygens (including phenoxy) is 1. The van der Waals surface area contributed by atoms with Crippen LogP contribution in [-0.2, 0) is 0 Å². The lowest BCUT2D eigenvalue weighted by atomic mass is 9.86. The lowest BCUT2D eigenvalue weighted by Crippen LogP contribution is -2.05. The van der Waals surface area contributed by atoms with E-state index in [1.165, 1.54) is 58.8 Å². The van der Waals surface area contributed by atoms with Crippen LogP contribution in [0.25, 0.3) is 64.5 Å². The second-order valence-corrected chi connectivity index (χ2v) is 13.0. The third-order valence-corrected chi connectivity index (χ3v) is 10.5. The second-order valence-electron chi connectivity index (χ2n) is 11.9. The minimum atomic E-state index is 0.249. The first-order chi connectivity index (χ1) is 22.3. The van der Waals surface area contributed by atoms with E-state index in [0.717, 1.165) is 34.9 Å². The minimum Gasteiger partial charge on any atom is -0.461 e. The number of benzene rings is 5. The summed E-state index contributed by atoms with van der Waals surface area (Å²) in [7, 11) is 0. The monoisotopic (exact) mass is 594 g/mol. The number of para-hydroxylation sites is 2. The highest BCUT2D eigenvalue weighted by Gasteiger charge is 2.32. The van der Waals surface area contributed by atoms with Crippen LogP contribution in [-0.4, -0.2) is 9.55 Å². The molecule has 212 valence electrons. The molecule has 4 heteroatoms. The lowest BCUT2D eigenvalue weighted by molar-refractivity contribution is 0.426. The molecule has 5 aromatic carbocycles. The summed E-state index contributed by atoms with van der Waals surface area (Å²) >= 11 is 1.86. The van der Waals surface area contributed by atoms with Gasteiger partial charge in [0, 0.05) is 48.0 Å². The third-order valence-electron chi connectivity index (χ3n) is 9.41. The van der Waals surface area contributed by atoms with Crippen molar-refractivity contribution in [3.8, 4) is 22.7 Å². The van der Waals surface area contributed by atoms with Gasteiger partial charge in [-0.25, -0.2) is 4.98 Å². The van der Waals surface area contributed by atoms with Gasteiger partial charge in [0.05, 0.1) is 28.1 Å². The summed E-state index contributed by atoms with van der Waals surface area (Å²) in [6, 6.07) is 45.8. The van der Waals surface area contributed by atoms with Gasteiger partial charge >= 0.3 is 0 Å². The van der Waals surface area contributed by atoms with E-state index in [9.17, 15) is 0 Å². The fourth-order valence-electron chi connectivity index (χ4n) is 7.34. The van der Waals surface area contributed by atoms with E-state index in [0.29, 0.717) is 0 Å². The van der Waals surface area contributed by atoms with E-state index in [2.05, 4.69) is 138 Å². The van der Waals surface area contributed by atoms with Crippen LogP contribution in [0.4, 0.5) is 0 Å². The van der Waals surface area contributed by atoms with Crippen LogP contribution in [0.3, 0.4) is 0 Å². The zero-order valence-electron chi connectivity index (χ0n) is 24.3. The summed E-state index contributed by atoms with van der Waals surface area (Å²) in [6.07, 6.45) is 5.18. The summed E-state index contributed by atoms with van der Waals surface area (Å²) < 4.78 is 11.2. The van der Waals surface area contributed by atoms with Crippen molar-refractivity contribution in [2.75, 3.05) is 0 Å². The summed E-state index contributed by atoms with van der Waals surface area (Å²) in [5, 5.41) is 5.10. The molecule has 45 heavy (non-hydrogen) atoms. The molecule has 8 aromatic rings. The van der Waals surface area contributed by atoms with Crippen LogP contribution in [0.1, 0.15) is 23.6 Å². The summed E-state index contributed by atoms with van der Waals surface area (Å²) in [5.74, 6) is 2.25. The number of fused-ring (bicyclic) bond motifs is 9. The Morgan fingerprint density at radius 3 is 2.40 bits per heavy atom. The number of hydrogen-bond donors (Lipinski definition) is 0. The average molecular weight is 595 g/mol. The van der Waals surface area contributed by atoms with E-state index < -0.39 is 0 Å². The van der Waals surface area contributed by atoms with Crippen molar-refractivity contribution in [3.63, 3.8) is 0 Å².